The molecule has 3 aromatic rings. The number of hydrogen-bond donors (Lipinski definition) is 0. The first-order chi connectivity index (χ1) is 16.7. The van der Waals surface area contributed by atoms with E-state index in [4.69, 9.17) is 9.15 Å². The fourth-order valence-electron chi connectivity index (χ4n) is 4.67. The summed E-state index contributed by atoms with van der Waals surface area (Å²) in [6.07, 6.45) is 0.989. The number of benzene rings is 2. The molecule has 0 fully saturated rings. The molecule has 0 radical (unpaired) electrons. The molecule has 186 valence electrons. The van der Waals surface area contributed by atoms with Gasteiger partial charge in [-0.15, -0.1) is 0 Å². The van der Waals surface area contributed by atoms with Crippen molar-refractivity contribution in [3.63, 3.8) is 0 Å². The van der Waals surface area contributed by atoms with E-state index < -0.39 is 15.6 Å². The number of amides is 1. The van der Waals surface area contributed by atoms with Crippen LogP contribution in [0.1, 0.15) is 37.0 Å². The molecule has 0 atom stereocenters. The number of rotatable bonds is 8. The summed E-state index contributed by atoms with van der Waals surface area (Å²) in [5.41, 5.74) is 2.83. The zero-order valence-electron chi connectivity index (χ0n) is 20.5. The molecule has 0 saturated carbocycles. The van der Waals surface area contributed by atoms with E-state index in [1.165, 1.54) is 4.31 Å². The fraction of sp³-hybridized carbons (Fsp3) is 0.385. The molecule has 0 bridgehead atoms. The maximum Gasteiger partial charge on any atom is 0.339 e. The first-order valence-corrected chi connectivity index (χ1v) is 13.2. The van der Waals surface area contributed by atoms with Crippen molar-refractivity contribution in [3.05, 3.63) is 63.5 Å². The summed E-state index contributed by atoms with van der Waals surface area (Å²) in [6.45, 7) is 6.75. The fourth-order valence-corrected chi connectivity index (χ4v) is 6.18. The highest BCUT2D eigenvalue weighted by molar-refractivity contribution is 7.89. The predicted octanol–water partition coefficient (Wildman–Crippen LogP) is 3.66. The second-order valence-corrected chi connectivity index (χ2v) is 10.5. The summed E-state index contributed by atoms with van der Waals surface area (Å²) >= 11 is 0. The average Bonchev–Trinajstić information content (AvgIpc) is 3.27. The maximum absolute atomic E-state index is 13.1. The van der Waals surface area contributed by atoms with Crippen LogP contribution in [0.15, 0.2) is 50.5 Å². The number of fused-ring (bicyclic) bond motifs is 2. The molecule has 9 heteroatoms. The first kappa shape index (κ1) is 24.9. The summed E-state index contributed by atoms with van der Waals surface area (Å²) < 4.78 is 37.8. The van der Waals surface area contributed by atoms with Crippen LogP contribution in [-0.2, 0) is 27.7 Å². The first-order valence-electron chi connectivity index (χ1n) is 11.7. The van der Waals surface area contributed by atoms with Gasteiger partial charge in [-0.2, -0.15) is 4.31 Å². The normalized spacial score (nSPS) is 13.5. The van der Waals surface area contributed by atoms with Crippen LogP contribution in [0.2, 0.25) is 0 Å². The third kappa shape index (κ3) is 4.58. The Balaban J connectivity index is 1.53. The van der Waals surface area contributed by atoms with Gasteiger partial charge < -0.3 is 14.1 Å². The summed E-state index contributed by atoms with van der Waals surface area (Å²) in [4.78, 5) is 27.6. The lowest BCUT2D eigenvalue weighted by Gasteiger charge is -2.20. The number of aryl methyl sites for hydroxylation is 1. The third-order valence-corrected chi connectivity index (χ3v) is 8.72. The number of anilines is 1. The molecule has 0 N–H and O–H groups in total. The minimum atomic E-state index is -3.56. The molecule has 1 amide bonds. The summed E-state index contributed by atoms with van der Waals surface area (Å²) in [7, 11) is -2.01. The van der Waals surface area contributed by atoms with Crippen molar-refractivity contribution in [2.45, 2.75) is 44.9 Å². The van der Waals surface area contributed by atoms with Gasteiger partial charge in [0.2, 0.25) is 15.9 Å². The highest BCUT2D eigenvalue weighted by atomic mass is 32.2. The van der Waals surface area contributed by atoms with E-state index in [-0.39, 0.29) is 23.6 Å². The van der Waals surface area contributed by atoms with Crippen LogP contribution in [0.5, 0.6) is 5.75 Å². The van der Waals surface area contributed by atoms with Gasteiger partial charge in [0, 0.05) is 48.8 Å². The van der Waals surface area contributed by atoms with Gasteiger partial charge >= 0.3 is 5.63 Å². The van der Waals surface area contributed by atoms with Crippen molar-refractivity contribution < 1.29 is 22.4 Å². The SMILES string of the molecule is CCN(CC)S(=O)(=O)c1ccc2c(c1)CCN2C(=O)CCc1c(C)c2ccc(OC)cc2oc1=O. The zero-order chi connectivity index (χ0) is 25.3. The van der Waals surface area contributed by atoms with Gasteiger partial charge in [-0.05, 0) is 61.2 Å². The molecule has 0 spiro atoms. The van der Waals surface area contributed by atoms with Gasteiger partial charge in [-0.3, -0.25) is 4.79 Å². The Morgan fingerprint density at radius 1 is 1.14 bits per heavy atom. The van der Waals surface area contributed by atoms with E-state index in [0.29, 0.717) is 43.0 Å². The predicted molar refractivity (Wildman–Crippen MR) is 135 cm³/mol. The second kappa shape index (κ2) is 9.83. The summed E-state index contributed by atoms with van der Waals surface area (Å²) in [6, 6.07) is 10.3. The Morgan fingerprint density at radius 2 is 1.89 bits per heavy atom. The van der Waals surface area contributed by atoms with Gasteiger partial charge in [0.25, 0.3) is 0 Å². The van der Waals surface area contributed by atoms with Crippen molar-refractivity contribution in [3.8, 4) is 5.75 Å². The Labute approximate surface area is 205 Å². The van der Waals surface area contributed by atoms with E-state index in [2.05, 4.69) is 0 Å². The minimum absolute atomic E-state index is 0.114. The molecule has 0 aliphatic carbocycles. The topological polar surface area (TPSA) is 97.1 Å². The standard InChI is InChI=1S/C26H30N2O6S/c1-5-27(6-2)35(31,32)20-8-11-23-18(15-20)13-14-28(23)25(29)12-10-22-17(3)21-9-7-19(33-4)16-24(21)34-26(22)30/h7-9,11,15-16H,5-6,10,12-14H2,1-4H3. The zero-order valence-corrected chi connectivity index (χ0v) is 21.3. The molecule has 1 aliphatic rings. The minimum Gasteiger partial charge on any atom is -0.497 e. The van der Waals surface area contributed by atoms with E-state index in [1.807, 2.05) is 26.8 Å². The Kier molecular flexibility index (Phi) is 7.00. The molecule has 2 aromatic carbocycles. The summed E-state index contributed by atoms with van der Waals surface area (Å²) in [5, 5.41) is 0.807. The Morgan fingerprint density at radius 3 is 2.57 bits per heavy atom. The Hall–Kier alpha value is -3.17. The van der Waals surface area contributed by atoms with Crippen LogP contribution in [0, 0.1) is 6.92 Å². The van der Waals surface area contributed by atoms with Crippen molar-refractivity contribution in [2.75, 3.05) is 31.6 Å². The molecule has 0 saturated heterocycles. The van der Waals surface area contributed by atoms with Crippen LogP contribution in [0.4, 0.5) is 5.69 Å². The lowest BCUT2D eigenvalue weighted by Crippen LogP contribution is -2.31. The number of sulfonamides is 1. The van der Waals surface area contributed by atoms with Gasteiger partial charge in [-0.1, -0.05) is 13.8 Å². The van der Waals surface area contributed by atoms with E-state index in [1.54, 1.807) is 42.3 Å². The van der Waals surface area contributed by atoms with Crippen molar-refractivity contribution >= 4 is 32.6 Å². The second-order valence-electron chi connectivity index (χ2n) is 8.53. The molecular formula is C26H30N2O6S. The molecular weight excluding hydrogens is 468 g/mol. The van der Waals surface area contributed by atoms with Gasteiger partial charge in [0.1, 0.15) is 11.3 Å². The maximum atomic E-state index is 13.1. The number of carbonyl (C=O) groups excluding carboxylic acids is 1. The Bertz CT molecular complexity index is 1440. The van der Waals surface area contributed by atoms with Crippen molar-refractivity contribution in [1.29, 1.82) is 0 Å². The van der Waals surface area contributed by atoms with Gasteiger partial charge in [0.05, 0.1) is 12.0 Å². The van der Waals surface area contributed by atoms with Crippen LogP contribution >= 0.6 is 0 Å². The molecule has 1 aromatic heterocycles. The molecule has 35 heavy (non-hydrogen) atoms. The average molecular weight is 499 g/mol. The van der Waals surface area contributed by atoms with Gasteiger partial charge in [-0.25, -0.2) is 13.2 Å². The van der Waals surface area contributed by atoms with Crippen LogP contribution in [-0.4, -0.2) is 45.4 Å². The summed E-state index contributed by atoms with van der Waals surface area (Å²) in [5.74, 6) is 0.487. The number of nitrogens with zero attached hydrogens (tertiary/aromatic N) is 2. The van der Waals surface area contributed by atoms with E-state index in [9.17, 15) is 18.0 Å². The number of hydrogen-bond acceptors (Lipinski definition) is 6. The number of ether oxygens (including phenoxy) is 1. The van der Waals surface area contributed by atoms with E-state index in [0.717, 1.165) is 22.2 Å². The lowest BCUT2D eigenvalue weighted by atomic mass is 10.0. The molecule has 8 nitrogen and oxygen atoms in total. The lowest BCUT2D eigenvalue weighted by molar-refractivity contribution is -0.118. The van der Waals surface area contributed by atoms with Gasteiger partial charge in [0.15, 0.2) is 0 Å². The number of methoxy groups -OCH3 is 1. The quantitative estimate of drug-likeness (QED) is 0.440. The third-order valence-electron chi connectivity index (χ3n) is 6.67. The molecule has 0 unspecified atom stereocenters. The van der Waals surface area contributed by atoms with Crippen LogP contribution < -0.4 is 15.3 Å². The smallest absolute Gasteiger partial charge is 0.339 e. The number of carbonyl (C=O) groups is 1. The molecule has 1 aliphatic heterocycles. The molecule has 4 rings (SSSR count). The van der Waals surface area contributed by atoms with Crippen LogP contribution in [0.3, 0.4) is 0 Å². The van der Waals surface area contributed by atoms with E-state index >= 15 is 0 Å². The largest absolute Gasteiger partial charge is 0.497 e. The van der Waals surface area contributed by atoms with Crippen molar-refractivity contribution in [1.82, 2.24) is 4.31 Å². The molecule has 2 heterocycles. The van der Waals surface area contributed by atoms with Crippen LogP contribution in [0.25, 0.3) is 11.0 Å². The highest BCUT2D eigenvalue weighted by Crippen LogP contribution is 2.32. The highest BCUT2D eigenvalue weighted by Gasteiger charge is 2.28. The monoisotopic (exact) mass is 498 g/mol. The van der Waals surface area contributed by atoms with Crippen molar-refractivity contribution in [2.24, 2.45) is 0 Å².